The number of fused-ring (bicyclic) bond motifs is 1. The molecule has 1 aromatic heterocycles. The minimum absolute atomic E-state index is 0.224. The fourth-order valence-electron chi connectivity index (χ4n) is 4.76. The number of aromatic nitrogens is 1. The van der Waals surface area contributed by atoms with Crippen molar-refractivity contribution in [3.05, 3.63) is 142 Å². The third-order valence-electron chi connectivity index (χ3n) is 6.82. The SMILES string of the molecule is O=c1ccc2c([C@@H](O)CN(CCc3ccc(O)cc3)Cc3ccccc3)ccc(OCc3ccccc3)c2[nH]1. The lowest BCUT2D eigenvalue weighted by molar-refractivity contribution is 0.110. The average molecular weight is 521 g/mol. The normalized spacial score (nSPS) is 12.1. The first-order chi connectivity index (χ1) is 19.0. The van der Waals surface area contributed by atoms with Crippen LogP contribution in [0.1, 0.15) is 28.4 Å². The molecule has 0 unspecified atom stereocenters. The fraction of sp³-hybridized carbons (Fsp3) is 0.182. The van der Waals surface area contributed by atoms with Crippen molar-refractivity contribution in [3.8, 4) is 11.5 Å². The van der Waals surface area contributed by atoms with Crippen LogP contribution >= 0.6 is 0 Å². The van der Waals surface area contributed by atoms with Crippen molar-refractivity contribution >= 4 is 10.9 Å². The Hall–Kier alpha value is -4.39. The Labute approximate surface area is 227 Å². The van der Waals surface area contributed by atoms with Crippen LogP contribution < -0.4 is 10.3 Å². The van der Waals surface area contributed by atoms with Gasteiger partial charge in [0.15, 0.2) is 0 Å². The van der Waals surface area contributed by atoms with Crippen LogP contribution in [0, 0.1) is 0 Å². The van der Waals surface area contributed by atoms with Crippen LogP contribution in [0.2, 0.25) is 0 Å². The molecule has 0 aliphatic rings. The molecule has 3 N–H and O–H groups in total. The van der Waals surface area contributed by atoms with Crippen molar-refractivity contribution in [3.63, 3.8) is 0 Å². The van der Waals surface area contributed by atoms with Crippen LogP contribution in [0.3, 0.4) is 0 Å². The Morgan fingerprint density at radius 2 is 1.46 bits per heavy atom. The Bertz CT molecular complexity index is 1550. The predicted octanol–water partition coefficient (Wildman–Crippen LogP) is 5.59. The van der Waals surface area contributed by atoms with Gasteiger partial charge in [-0.15, -0.1) is 0 Å². The molecule has 4 aromatic carbocycles. The summed E-state index contributed by atoms with van der Waals surface area (Å²) in [5.41, 5.74) is 4.39. The number of ether oxygens (including phenoxy) is 1. The molecule has 0 fully saturated rings. The summed E-state index contributed by atoms with van der Waals surface area (Å²) in [4.78, 5) is 17.4. The summed E-state index contributed by atoms with van der Waals surface area (Å²) < 4.78 is 6.07. The Morgan fingerprint density at radius 1 is 0.769 bits per heavy atom. The van der Waals surface area contributed by atoms with Gasteiger partial charge in [0.05, 0.1) is 11.6 Å². The molecule has 5 rings (SSSR count). The molecule has 39 heavy (non-hydrogen) atoms. The number of aliphatic hydroxyl groups excluding tert-OH is 1. The second-order valence-corrected chi connectivity index (χ2v) is 9.69. The molecule has 198 valence electrons. The van der Waals surface area contributed by atoms with Gasteiger partial charge >= 0.3 is 0 Å². The Kier molecular flexibility index (Phi) is 8.36. The van der Waals surface area contributed by atoms with Gasteiger partial charge in [-0.05, 0) is 52.9 Å². The summed E-state index contributed by atoms with van der Waals surface area (Å²) in [6.07, 6.45) is -0.00900. The molecule has 1 heterocycles. The number of rotatable bonds is 11. The van der Waals surface area contributed by atoms with E-state index in [0.717, 1.165) is 40.6 Å². The van der Waals surface area contributed by atoms with Gasteiger partial charge in [0.2, 0.25) is 5.56 Å². The maximum atomic E-state index is 12.2. The number of phenolic OH excluding ortho intramolecular Hbond substituents is 1. The van der Waals surface area contributed by atoms with Crippen molar-refractivity contribution < 1.29 is 14.9 Å². The van der Waals surface area contributed by atoms with E-state index in [2.05, 4.69) is 22.0 Å². The summed E-state index contributed by atoms with van der Waals surface area (Å²) in [7, 11) is 0. The lowest BCUT2D eigenvalue weighted by atomic mass is 10.0. The molecule has 0 amide bonds. The van der Waals surface area contributed by atoms with E-state index in [-0.39, 0.29) is 11.3 Å². The second-order valence-electron chi connectivity index (χ2n) is 9.69. The monoisotopic (exact) mass is 520 g/mol. The van der Waals surface area contributed by atoms with E-state index in [1.165, 1.54) is 6.07 Å². The van der Waals surface area contributed by atoms with Gasteiger partial charge in [-0.25, -0.2) is 0 Å². The van der Waals surface area contributed by atoms with E-state index in [9.17, 15) is 15.0 Å². The molecule has 1 atom stereocenters. The quantitative estimate of drug-likeness (QED) is 0.211. The first kappa shape index (κ1) is 26.2. The van der Waals surface area contributed by atoms with Gasteiger partial charge in [-0.1, -0.05) is 78.9 Å². The number of nitrogens with one attached hydrogen (secondary N) is 1. The molecule has 5 aromatic rings. The summed E-state index contributed by atoms with van der Waals surface area (Å²) in [5, 5.41) is 21.8. The van der Waals surface area contributed by atoms with E-state index >= 15 is 0 Å². The smallest absolute Gasteiger partial charge is 0.248 e. The zero-order valence-electron chi connectivity index (χ0n) is 21.7. The lowest BCUT2D eigenvalue weighted by Crippen LogP contribution is -2.30. The van der Waals surface area contributed by atoms with Crippen LogP contribution in [0.4, 0.5) is 0 Å². The number of aromatic hydroxyl groups is 1. The first-order valence-corrected chi connectivity index (χ1v) is 13.1. The maximum absolute atomic E-state index is 12.2. The first-order valence-electron chi connectivity index (χ1n) is 13.1. The van der Waals surface area contributed by atoms with E-state index < -0.39 is 6.10 Å². The molecule has 0 aliphatic heterocycles. The molecule has 0 aliphatic carbocycles. The van der Waals surface area contributed by atoms with E-state index in [1.54, 1.807) is 18.2 Å². The topological polar surface area (TPSA) is 85.8 Å². The number of aromatic amines is 1. The summed E-state index contributed by atoms with van der Waals surface area (Å²) in [6, 6.07) is 34.2. The third-order valence-corrected chi connectivity index (χ3v) is 6.82. The molecule has 6 heteroatoms. The Morgan fingerprint density at radius 3 is 2.18 bits per heavy atom. The number of benzene rings is 4. The van der Waals surface area contributed by atoms with Crippen LogP contribution in [-0.2, 0) is 19.6 Å². The van der Waals surface area contributed by atoms with Gasteiger partial charge in [-0.3, -0.25) is 9.69 Å². The Balaban J connectivity index is 1.38. The minimum Gasteiger partial charge on any atom is -0.508 e. The number of hydrogen-bond donors (Lipinski definition) is 3. The highest BCUT2D eigenvalue weighted by Crippen LogP contribution is 2.31. The van der Waals surface area contributed by atoms with Gasteiger partial charge in [0.1, 0.15) is 18.1 Å². The number of hydrogen-bond acceptors (Lipinski definition) is 5. The average Bonchev–Trinajstić information content (AvgIpc) is 2.96. The fourth-order valence-corrected chi connectivity index (χ4v) is 4.76. The molecule has 0 bridgehead atoms. The van der Waals surface area contributed by atoms with Crippen molar-refractivity contribution in [2.75, 3.05) is 13.1 Å². The standard InChI is InChI=1S/C33H32N2O4/c36-27-13-11-24(12-14-27)19-20-35(21-25-7-3-1-4-8-25)22-30(37)28-15-17-31(33-29(28)16-18-32(38)34-33)39-23-26-9-5-2-6-10-26/h1-18,30,36-37H,19-23H2,(H,34,38)/t30-/m0/s1. The van der Waals surface area contributed by atoms with E-state index in [1.807, 2.05) is 72.8 Å². The molecular weight excluding hydrogens is 488 g/mol. The molecule has 0 radical (unpaired) electrons. The van der Waals surface area contributed by atoms with E-state index in [4.69, 9.17) is 4.74 Å². The highest BCUT2D eigenvalue weighted by Gasteiger charge is 2.19. The van der Waals surface area contributed by atoms with Gasteiger partial charge in [0.25, 0.3) is 0 Å². The number of phenols is 1. The van der Waals surface area contributed by atoms with Crippen molar-refractivity contribution in [1.29, 1.82) is 0 Å². The van der Waals surface area contributed by atoms with Crippen LogP contribution in [0.15, 0.2) is 114 Å². The van der Waals surface area contributed by atoms with Gasteiger partial charge < -0.3 is 19.9 Å². The van der Waals surface area contributed by atoms with Crippen molar-refractivity contribution in [2.24, 2.45) is 0 Å². The van der Waals surface area contributed by atoms with Crippen LogP contribution in [0.25, 0.3) is 10.9 Å². The van der Waals surface area contributed by atoms with Crippen LogP contribution in [-0.4, -0.2) is 33.2 Å². The number of pyridine rings is 1. The number of aliphatic hydroxyl groups is 1. The third kappa shape index (κ3) is 6.93. The highest BCUT2D eigenvalue weighted by atomic mass is 16.5. The zero-order valence-corrected chi connectivity index (χ0v) is 21.7. The second kappa shape index (κ2) is 12.4. The summed E-state index contributed by atoms with van der Waals surface area (Å²) in [6.45, 7) is 2.19. The van der Waals surface area contributed by atoms with Crippen molar-refractivity contribution in [2.45, 2.75) is 25.7 Å². The molecule has 0 saturated heterocycles. The zero-order chi connectivity index (χ0) is 27.0. The predicted molar refractivity (Wildman–Crippen MR) is 154 cm³/mol. The molecule has 6 nitrogen and oxygen atoms in total. The van der Waals surface area contributed by atoms with Crippen molar-refractivity contribution in [1.82, 2.24) is 9.88 Å². The maximum Gasteiger partial charge on any atom is 0.248 e. The van der Waals surface area contributed by atoms with Crippen LogP contribution in [0.5, 0.6) is 11.5 Å². The summed E-state index contributed by atoms with van der Waals surface area (Å²) in [5.74, 6) is 0.812. The number of nitrogens with zero attached hydrogens (tertiary/aromatic N) is 1. The minimum atomic E-state index is -0.787. The van der Waals surface area contributed by atoms with Gasteiger partial charge in [0, 0.05) is 31.1 Å². The van der Waals surface area contributed by atoms with Gasteiger partial charge in [-0.2, -0.15) is 0 Å². The molecule has 0 spiro atoms. The molecular formula is C33H32N2O4. The highest BCUT2D eigenvalue weighted by molar-refractivity contribution is 5.87. The summed E-state index contributed by atoms with van der Waals surface area (Å²) >= 11 is 0. The van der Waals surface area contributed by atoms with E-state index in [0.29, 0.717) is 31.0 Å². The molecule has 0 saturated carbocycles. The lowest BCUT2D eigenvalue weighted by Gasteiger charge is -2.26. The number of H-pyrrole nitrogens is 1. The largest absolute Gasteiger partial charge is 0.508 e.